The number of amides is 1. The van der Waals surface area contributed by atoms with Crippen LogP contribution in [0, 0.1) is 5.92 Å². The number of aliphatic hydroxyl groups is 1. The lowest BCUT2D eigenvalue weighted by atomic mass is 10.0. The molecule has 17 heavy (non-hydrogen) atoms. The van der Waals surface area contributed by atoms with Crippen LogP contribution >= 0.6 is 0 Å². The van der Waals surface area contributed by atoms with Crippen LogP contribution in [-0.2, 0) is 9.53 Å². The van der Waals surface area contributed by atoms with Crippen LogP contribution in [-0.4, -0.2) is 42.9 Å². The van der Waals surface area contributed by atoms with Gasteiger partial charge in [0.15, 0.2) is 0 Å². The van der Waals surface area contributed by atoms with E-state index in [0.717, 1.165) is 0 Å². The number of carbonyl (C=O) groups excluding carboxylic acids is 1. The summed E-state index contributed by atoms with van der Waals surface area (Å²) in [4.78, 5) is 11.6. The fourth-order valence-electron chi connectivity index (χ4n) is 1.43. The highest BCUT2D eigenvalue weighted by Crippen LogP contribution is 2.08. The number of carbonyl (C=O) groups is 1. The molecule has 1 amide bonds. The van der Waals surface area contributed by atoms with Gasteiger partial charge in [0.2, 0.25) is 5.91 Å². The Kier molecular flexibility index (Phi) is 7.34. The van der Waals surface area contributed by atoms with Crippen molar-refractivity contribution in [3.05, 3.63) is 0 Å². The highest BCUT2D eigenvalue weighted by Gasteiger charge is 2.22. The second-order valence-electron chi connectivity index (χ2n) is 5.19. The molecule has 4 N–H and O–H groups in total. The Bertz CT molecular complexity index is 230. The first-order valence-corrected chi connectivity index (χ1v) is 6.03. The Balaban J connectivity index is 3.97. The molecule has 5 nitrogen and oxygen atoms in total. The monoisotopic (exact) mass is 246 g/mol. The first-order valence-electron chi connectivity index (χ1n) is 6.03. The summed E-state index contributed by atoms with van der Waals surface area (Å²) in [5.74, 6) is 0.168. The van der Waals surface area contributed by atoms with Crippen LogP contribution in [0.3, 0.4) is 0 Å². The van der Waals surface area contributed by atoms with Crippen molar-refractivity contribution < 1.29 is 14.6 Å². The summed E-state index contributed by atoms with van der Waals surface area (Å²) in [5.41, 5.74) is 4.77. The fourth-order valence-corrected chi connectivity index (χ4v) is 1.43. The molecule has 0 saturated heterocycles. The van der Waals surface area contributed by atoms with Gasteiger partial charge in [-0.25, -0.2) is 0 Å². The fraction of sp³-hybridized carbons (Fsp3) is 0.917. The molecule has 2 unspecified atom stereocenters. The maximum atomic E-state index is 11.6. The number of nitrogens with one attached hydrogen (secondary N) is 1. The van der Waals surface area contributed by atoms with Gasteiger partial charge in [0, 0.05) is 26.7 Å². The average molecular weight is 246 g/mol. The topological polar surface area (TPSA) is 84.6 Å². The van der Waals surface area contributed by atoms with Crippen LogP contribution < -0.4 is 11.1 Å². The van der Waals surface area contributed by atoms with E-state index in [1.165, 1.54) is 0 Å². The van der Waals surface area contributed by atoms with Crippen LogP contribution in [0.1, 0.15) is 33.6 Å². The number of hydrogen-bond donors (Lipinski definition) is 3. The summed E-state index contributed by atoms with van der Waals surface area (Å²) in [6.07, 6.45) is 1.12. The Morgan fingerprint density at radius 1 is 1.53 bits per heavy atom. The molecule has 0 spiro atoms. The summed E-state index contributed by atoms with van der Waals surface area (Å²) in [5, 5.41) is 12.6. The zero-order chi connectivity index (χ0) is 13.5. The first kappa shape index (κ1) is 16.4. The molecule has 0 aliphatic carbocycles. The summed E-state index contributed by atoms with van der Waals surface area (Å²) >= 11 is 0. The van der Waals surface area contributed by atoms with Gasteiger partial charge in [0.25, 0.3) is 0 Å². The van der Waals surface area contributed by atoms with Crippen LogP contribution in [0.25, 0.3) is 0 Å². The third kappa shape index (κ3) is 8.12. The molecule has 0 aromatic rings. The average Bonchev–Trinajstić information content (AvgIpc) is 2.22. The quantitative estimate of drug-likeness (QED) is 0.573. The third-order valence-corrected chi connectivity index (χ3v) is 2.55. The molecular formula is C12H26N2O3. The molecule has 0 rings (SSSR count). The van der Waals surface area contributed by atoms with Crippen molar-refractivity contribution >= 4 is 5.91 Å². The van der Waals surface area contributed by atoms with Crippen LogP contribution in [0.15, 0.2) is 0 Å². The molecule has 5 heteroatoms. The first-order chi connectivity index (χ1) is 7.78. The minimum absolute atomic E-state index is 0.195. The van der Waals surface area contributed by atoms with Gasteiger partial charge in [-0.1, -0.05) is 13.8 Å². The minimum Gasteiger partial charge on any atom is -0.388 e. The highest BCUT2D eigenvalue weighted by atomic mass is 16.5. The van der Waals surface area contributed by atoms with Gasteiger partial charge in [-0.05, 0) is 19.3 Å². The standard InChI is InChI=1S/C12H26N2O3/c1-9(2)7-10(13)11(15)14-8-12(3,16)5-6-17-4/h9-10,16H,5-8,13H2,1-4H3,(H,14,15). The van der Waals surface area contributed by atoms with E-state index in [1.807, 2.05) is 13.8 Å². The molecule has 0 bridgehead atoms. The maximum Gasteiger partial charge on any atom is 0.237 e. The molecule has 0 aliphatic heterocycles. The second kappa shape index (κ2) is 7.63. The van der Waals surface area contributed by atoms with Gasteiger partial charge in [-0.2, -0.15) is 0 Å². The third-order valence-electron chi connectivity index (χ3n) is 2.55. The van der Waals surface area contributed by atoms with Gasteiger partial charge >= 0.3 is 0 Å². The molecule has 0 heterocycles. The van der Waals surface area contributed by atoms with Gasteiger partial charge in [-0.15, -0.1) is 0 Å². The smallest absolute Gasteiger partial charge is 0.237 e. The zero-order valence-electron chi connectivity index (χ0n) is 11.3. The molecule has 0 saturated carbocycles. The van der Waals surface area contributed by atoms with E-state index in [1.54, 1.807) is 14.0 Å². The van der Waals surface area contributed by atoms with Gasteiger partial charge < -0.3 is 20.9 Å². The van der Waals surface area contributed by atoms with Crippen molar-refractivity contribution in [1.29, 1.82) is 0 Å². The van der Waals surface area contributed by atoms with Crippen molar-refractivity contribution in [2.45, 2.75) is 45.3 Å². The van der Waals surface area contributed by atoms with Crippen LogP contribution in [0.4, 0.5) is 0 Å². The normalized spacial score (nSPS) is 16.6. The van der Waals surface area contributed by atoms with Crippen molar-refractivity contribution in [2.24, 2.45) is 11.7 Å². The van der Waals surface area contributed by atoms with Crippen molar-refractivity contribution in [2.75, 3.05) is 20.3 Å². The van der Waals surface area contributed by atoms with E-state index in [-0.39, 0.29) is 12.5 Å². The molecule has 0 aromatic heterocycles. The summed E-state index contributed by atoms with van der Waals surface area (Å²) in [7, 11) is 1.58. The van der Waals surface area contributed by atoms with E-state index < -0.39 is 11.6 Å². The Morgan fingerprint density at radius 3 is 2.59 bits per heavy atom. The Labute approximate surface area is 104 Å². The van der Waals surface area contributed by atoms with Crippen molar-refractivity contribution in [1.82, 2.24) is 5.32 Å². The molecule has 0 aromatic carbocycles. The highest BCUT2D eigenvalue weighted by molar-refractivity contribution is 5.81. The predicted octanol–water partition coefficient (Wildman–Crippen LogP) is 0.264. The Morgan fingerprint density at radius 2 is 2.12 bits per heavy atom. The van der Waals surface area contributed by atoms with E-state index in [2.05, 4.69) is 5.32 Å². The molecular weight excluding hydrogens is 220 g/mol. The number of ether oxygens (including phenoxy) is 1. The Hall–Kier alpha value is -0.650. The van der Waals surface area contributed by atoms with E-state index in [4.69, 9.17) is 10.5 Å². The molecule has 2 atom stereocenters. The number of nitrogens with two attached hydrogens (primary N) is 1. The van der Waals surface area contributed by atoms with Gasteiger partial charge in [-0.3, -0.25) is 4.79 Å². The lowest BCUT2D eigenvalue weighted by Gasteiger charge is -2.24. The van der Waals surface area contributed by atoms with E-state index >= 15 is 0 Å². The van der Waals surface area contributed by atoms with E-state index in [0.29, 0.717) is 25.4 Å². The summed E-state index contributed by atoms with van der Waals surface area (Å²) in [6.45, 7) is 6.35. The largest absolute Gasteiger partial charge is 0.388 e. The lowest BCUT2D eigenvalue weighted by Crippen LogP contribution is -2.47. The van der Waals surface area contributed by atoms with Crippen molar-refractivity contribution in [3.8, 4) is 0 Å². The maximum absolute atomic E-state index is 11.6. The second-order valence-corrected chi connectivity index (χ2v) is 5.19. The lowest BCUT2D eigenvalue weighted by molar-refractivity contribution is -0.124. The van der Waals surface area contributed by atoms with Crippen molar-refractivity contribution in [3.63, 3.8) is 0 Å². The van der Waals surface area contributed by atoms with Gasteiger partial charge in [0.1, 0.15) is 0 Å². The number of methoxy groups -OCH3 is 1. The number of rotatable bonds is 8. The molecule has 0 aliphatic rings. The minimum atomic E-state index is -0.955. The molecule has 0 fully saturated rings. The zero-order valence-corrected chi connectivity index (χ0v) is 11.3. The predicted molar refractivity (Wildman–Crippen MR) is 67.6 cm³/mol. The van der Waals surface area contributed by atoms with Gasteiger partial charge in [0.05, 0.1) is 11.6 Å². The van der Waals surface area contributed by atoms with E-state index in [9.17, 15) is 9.90 Å². The summed E-state index contributed by atoms with van der Waals surface area (Å²) in [6, 6.07) is -0.506. The molecule has 102 valence electrons. The number of hydrogen-bond acceptors (Lipinski definition) is 4. The summed E-state index contributed by atoms with van der Waals surface area (Å²) < 4.78 is 4.89. The molecule has 0 radical (unpaired) electrons. The van der Waals surface area contributed by atoms with Crippen LogP contribution in [0.2, 0.25) is 0 Å². The SMILES string of the molecule is COCCC(C)(O)CNC(=O)C(N)CC(C)C. The van der Waals surface area contributed by atoms with Crippen LogP contribution in [0.5, 0.6) is 0 Å².